The molecule has 1 heterocycles. The number of ether oxygens (including phenoxy) is 1. The number of rotatable bonds is 6. The smallest absolute Gasteiger partial charge is 0.305 e. The molecule has 0 amide bonds. The van der Waals surface area contributed by atoms with Crippen LogP contribution in [-0.4, -0.2) is 46.4 Å². The second-order valence-electron chi connectivity index (χ2n) is 3.88. The van der Waals surface area contributed by atoms with Crippen LogP contribution >= 0.6 is 0 Å². The highest BCUT2D eigenvalue weighted by molar-refractivity contribution is 5.91. The topological polar surface area (TPSA) is 131 Å². The van der Waals surface area contributed by atoms with Crippen LogP contribution in [0.25, 0.3) is 0 Å². The third-order valence-corrected chi connectivity index (χ3v) is 2.34. The number of carbonyl (C=O) groups is 1. The van der Waals surface area contributed by atoms with E-state index < -0.39 is 0 Å². The zero-order valence-corrected chi connectivity index (χ0v) is 11.6. The van der Waals surface area contributed by atoms with Crippen molar-refractivity contribution in [2.75, 3.05) is 19.0 Å². The number of nitrogens with zero attached hydrogens (tertiary/aromatic N) is 4. The molecule has 0 unspecified atom stereocenters. The summed E-state index contributed by atoms with van der Waals surface area (Å²) >= 11 is 0. The van der Waals surface area contributed by atoms with Crippen molar-refractivity contribution in [3.05, 3.63) is 6.20 Å². The third kappa shape index (κ3) is 5.04. The van der Waals surface area contributed by atoms with Gasteiger partial charge in [-0.25, -0.2) is 0 Å². The highest BCUT2D eigenvalue weighted by Crippen LogP contribution is 2.02. The largest absolute Gasteiger partial charge is 0.469 e. The Morgan fingerprint density at radius 2 is 2.35 bits per heavy atom. The molecule has 1 rings (SSSR count). The average molecular weight is 281 g/mol. The molecule has 0 fully saturated rings. The molecule has 1 aromatic heterocycles. The summed E-state index contributed by atoms with van der Waals surface area (Å²) in [6.45, 7) is 2.43. The summed E-state index contributed by atoms with van der Waals surface area (Å²) in [5.41, 5.74) is 5.59. The number of hydrogen-bond donors (Lipinski definition) is 3. The van der Waals surface area contributed by atoms with Crippen LogP contribution in [-0.2, 0) is 9.53 Å². The van der Waals surface area contributed by atoms with Crippen LogP contribution in [0.3, 0.4) is 0 Å². The Balaban J connectivity index is 2.48. The monoisotopic (exact) mass is 281 g/mol. The highest BCUT2D eigenvalue weighted by atomic mass is 16.5. The van der Waals surface area contributed by atoms with E-state index >= 15 is 0 Å². The van der Waals surface area contributed by atoms with Gasteiger partial charge in [0.05, 0.1) is 13.3 Å². The summed E-state index contributed by atoms with van der Waals surface area (Å²) < 4.78 is 4.52. The van der Waals surface area contributed by atoms with E-state index in [1.54, 1.807) is 0 Å². The Hall–Kier alpha value is -2.45. The summed E-state index contributed by atoms with van der Waals surface area (Å²) in [5.74, 6) is 0.555. The van der Waals surface area contributed by atoms with Crippen molar-refractivity contribution in [3.8, 4) is 0 Å². The molecule has 9 nitrogen and oxygen atoms in total. The summed E-state index contributed by atoms with van der Waals surface area (Å²) in [6, 6.07) is 0. The normalized spacial score (nSPS) is 11.2. The Kier molecular flexibility index (Phi) is 6.14. The first kappa shape index (κ1) is 15.6. The van der Waals surface area contributed by atoms with E-state index in [9.17, 15) is 4.79 Å². The van der Waals surface area contributed by atoms with Gasteiger partial charge in [-0.15, -0.1) is 9.90 Å². The van der Waals surface area contributed by atoms with Crippen molar-refractivity contribution in [3.63, 3.8) is 0 Å². The molecule has 0 atom stereocenters. The van der Waals surface area contributed by atoms with Gasteiger partial charge in [0, 0.05) is 19.4 Å². The van der Waals surface area contributed by atoms with E-state index in [0.29, 0.717) is 25.2 Å². The number of aromatic nitrogens is 3. The lowest BCUT2D eigenvalue weighted by molar-refractivity contribution is -0.140. The molecular weight excluding hydrogens is 262 g/mol. The van der Waals surface area contributed by atoms with Crippen LogP contribution in [0.1, 0.15) is 26.2 Å². The molecule has 20 heavy (non-hydrogen) atoms. The number of nitrogens with two attached hydrogens (primary N) is 1. The number of hydrogen-bond acceptors (Lipinski definition) is 6. The SMILES string of the molecule is CCN=C(N)Nc1cnn(C(=N)CCCC(=O)OC)n1. The third-order valence-electron chi connectivity index (χ3n) is 2.34. The van der Waals surface area contributed by atoms with Gasteiger partial charge in [0.2, 0.25) is 0 Å². The molecule has 0 aromatic carbocycles. The number of esters is 1. The minimum Gasteiger partial charge on any atom is -0.469 e. The summed E-state index contributed by atoms with van der Waals surface area (Å²) in [4.78, 5) is 16.1. The van der Waals surface area contributed by atoms with Crippen LogP contribution in [0.5, 0.6) is 0 Å². The van der Waals surface area contributed by atoms with Gasteiger partial charge in [-0.05, 0) is 13.3 Å². The van der Waals surface area contributed by atoms with Crippen molar-refractivity contribution in [2.45, 2.75) is 26.2 Å². The lowest BCUT2D eigenvalue weighted by atomic mass is 10.2. The lowest BCUT2D eigenvalue weighted by Gasteiger charge is -2.02. The Labute approximate surface area is 116 Å². The number of aliphatic imine (C=N–C) groups is 1. The van der Waals surface area contributed by atoms with Gasteiger partial charge in [-0.2, -0.15) is 5.10 Å². The first-order chi connectivity index (χ1) is 9.56. The maximum absolute atomic E-state index is 10.9. The maximum Gasteiger partial charge on any atom is 0.305 e. The van der Waals surface area contributed by atoms with Crippen LogP contribution in [0, 0.1) is 5.41 Å². The molecule has 0 saturated heterocycles. The Morgan fingerprint density at radius 1 is 1.60 bits per heavy atom. The van der Waals surface area contributed by atoms with E-state index in [-0.39, 0.29) is 24.2 Å². The van der Waals surface area contributed by atoms with Crippen LogP contribution < -0.4 is 11.1 Å². The van der Waals surface area contributed by atoms with Gasteiger partial charge >= 0.3 is 5.97 Å². The number of methoxy groups -OCH3 is 1. The highest BCUT2D eigenvalue weighted by Gasteiger charge is 2.08. The second-order valence-corrected chi connectivity index (χ2v) is 3.88. The lowest BCUT2D eigenvalue weighted by Crippen LogP contribution is -2.23. The number of carbonyl (C=O) groups excluding carboxylic acids is 1. The quantitative estimate of drug-likeness (QED) is 0.387. The first-order valence-electron chi connectivity index (χ1n) is 6.20. The van der Waals surface area contributed by atoms with Crippen molar-refractivity contribution in [2.24, 2.45) is 10.7 Å². The first-order valence-corrected chi connectivity index (χ1v) is 6.20. The van der Waals surface area contributed by atoms with Crippen LogP contribution in [0.15, 0.2) is 11.2 Å². The molecule has 9 heteroatoms. The Bertz CT molecular complexity index is 495. The molecule has 0 saturated carbocycles. The van der Waals surface area contributed by atoms with E-state index in [4.69, 9.17) is 11.1 Å². The molecule has 1 aromatic rings. The second kappa shape index (κ2) is 7.87. The predicted octanol–water partition coefficient (Wildman–Crippen LogP) is 0.193. The van der Waals surface area contributed by atoms with Gasteiger partial charge in [0.25, 0.3) is 0 Å². The number of guanidine groups is 1. The van der Waals surface area contributed by atoms with E-state index in [1.807, 2.05) is 6.92 Å². The van der Waals surface area contributed by atoms with E-state index in [2.05, 4.69) is 25.2 Å². The minimum atomic E-state index is -0.294. The fraction of sp³-hybridized carbons (Fsp3) is 0.545. The summed E-state index contributed by atoms with van der Waals surface area (Å²) in [7, 11) is 1.34. The number of nitrogens with one attached hydrogen (secondary N) is 2. The van der Waals surface area contributed by atoms with Crippen molar-refractivity contribution in [1.29, 1.82) is 5.41 Å². The molecule has 4 N–H and O–H groups in total. The zero-order chi connectivity index (χ0) is 15.0. The van der Waals surface area contributed by atoms with Gasteiger partial charge in [-0.3, -0.25) is 15.2 Å². The summed E-state index contributed by atoms with van der Waals surface area (Å²) in [5, 5.41) is 18.6. The van der Waals surface area contributed by atoms with Gasteiger partial charge in [-0.1, -0.05) is 0 Å². The molecule has 0 radical (unpaired) electrons. The molecular formula is C11H19N7O2. The number of anilines is 1. The predicted molar refractivity (Wildman–Crippen MR) is 74.8 cm³/mol. The van der Waals surface area contributed by atoms with Crippen molar-refractivity contribution in [1.82, 2.24) is 15.0 Å². The maximum atomic E-state index is 10.9. The van der Waals surface area contributed by atoms with Gasteiger partial charge in [0.1, 0.15) is 5.84 Å². The molecule has 0 aliphatic rings. The standard InChI is InChI=1S/C11H19N7O2/c1-3-14-11(13)16-9-7-15-18(17-9)8(12)5-4-6-10(19)20-2/h7,12H,3-6H2,1-2H3,(H3,13,14,16,17). The fourth-order valence-corrected chi connectivity index (χ4v) is 1.39. The van der Waals surface area contributed by atoms with E-state index in [1.165, 1.54) is 18.1 Å². The molecule has 0 aliphatic carbocycles. The van der Waals surface area contributed by atoms with Crippen LogP contribution in [0.2, 0.25) is 0 Å². The molecule has 110 valence electrons. The van der Waals surface area contributed by atoms with Crippen molar-refractivity contribution >= 4 is 23.6 Å². The van der Waals surface area contributed by atoms with E-state index in [0.717, 1.165) is 0 Å². The average Bonchev–Trinajstić information content (AvgIpc) is 2.87. The van der Waals surface area contributed by atoms with Gasteiger partial charge in [0.15, 0.2) is 11.8 Å². The van der Waals surface area contributed by atoms with Crippen molar-refractivity contribution < 1.29 is 9.53 Å². The zero-order valence-electron chi connectivity index (χ0n) is 11.6. The molecule has 0 spiro atoms. The molecule has 0 aliphatic heterocycles. The van der Waals surface area contributed by atoms with Crippen LogP contribution in [0.4, 0.5) is 5.82 Å². The minimum absolute atomic E-state index is 0.188. The Morgan fingerprint density at radius 3 is 3.00 bits per heavy atom. The summed E-state index contributed by atoms with van der Waals surface area (Å²) in [6.07, 6.45) is 2.60. The molecule has 0 bridgehead atoms. The van der Waals surface area contributed by atoms with Gasteiger partial charge < -0.3 is 15.8 Å². The fourth-order valence-electron chi connectivity index (χ4n) is 1.39.